The number of nitrogens with zero attached hydrogens (tertiary/aromatic N) is 2. The van der Waals surface area contributed by atoms with E-state index in [1.165, 1.54) is 12.1 Å². The standard InChI is InChI=1S/C15H13N4O4/c1-23-13-6-3-11(4-7-13)17-9-10-2-5-12(19(21)22)8-14(10)15(20)18-16/h2-8H,16H2,1H3,(H,18,20). The first-order valence-electron chi connectivity index (χ1n) is 6.45. The number of benzene rings is 2. The van der Waals surface area contributed by atoms with Crippen LogP contribution in [0, 0.1) is 10.1 Å². The van der Waals surface area contributed by atoms with Crippen LogP contribution in [0.25, 0.3) is 0 Å². The first-order chi connectivity index (χ1) is 11.0. The van der Waals surface area contributed by atoms with Crippen molar-refractivity contribution in [2.75, 3.05) is 7.11 Å². The predicted octanol–water partition coefficient (Wildman–Crippen LogP) is 1.83. The van der Waals surface area contributed by atoms with Gasteiger partial charge >= 0.3 is 0 Å². The van der Waals surface area contributed by atoms with Gasteiger partial charge in [0.2, 0.25) is 0 Å². The Bertz CT molecular complexity index is 757. The fourth-order valence-corrected chi connectivity index (χ4v) is 1.79. The number of ether oxygens (including phenoxy) is 1. The molecule has 0 saturated heterocycles. The molecule has 0 atom stereocenters. The average Bonchev–Trinajstić information content (AvgIpc) is 2.59. The number of nitrogens with two attached hydrogens (primary N) is 1. The molecular weight excluding hydrogens is 300 g/mol. The molecule has 0 bridgehead atoms. The number of carbonyl (C=O) groups is 1. The third-order valence-corrected chi connectivity index (χ3v) is 2.97. The smallest absolute Gasteiger partial charge is 0.270 e. The maximum Gasteiger partial charge on any atom is 0.270 e. The van der Waals surface area contributed by atoms with Crippen LogP contribution in [0.3, 0.4) is 0 Å². The molecule has 0 saturated carbocycles. The zero-order chi connectivity index (χ0) is 16.8. The molecule has 8 nitrogen and oxygen atoms in total. The van der Waals surface area contributed by atoms with Gasteiger partial charge < -0.3 is 4.74 Å². The minimum absolute atomic E-state index is 0.0129. The van der Waals surface area contributed by atoms with Crippen molar-refractivity contribution in [3.8, 4) is 5.75 Å². The normalized spacial score (nSPS) is 10.5. The summed E-state index contributed by atoms with van der Waals surface area (Å²) in [7, 11) is 1.55. The monoisotopic (exact) mass is 313 g/mol. The van der Waals surface area contributed by atoms with E-state index in [4.69, 9.17) is 10.6 Å². The van der Waals surface area contributed by atoms with Crippen molar-refractivity contribution >= 4 is 23.5 Å². The largest absolute Gasteiger partial charge is 0.497 e. The number of nitro groups is 1. The van der Waals surface area contributed by atoms with Gasteiger partial charge in [0, 0.05) is 17.7 Å². The SMILES string of the molecule is COc1ccc(N=[C]c2ccc([N+](=O)[O-])cc2C(=O)NN)cc1. The highest BCUT2D eigenvalue weighted by atomic mass is 16.6. The zero-order valence-corrected chi connectivity index (χ0v) is 12.1. The van der Waals surface area contributed by atoms with Crippen LogP contribution in [0.5, 0.6) is 5.75 Å². The lowest BCUT2D eigenvalue weighted by Gasteiger charge is -2.04. The van der Waals surface area contributed by atoms with Crippen LogP contribution in [0.2, 0.25) is 0 Å². The number of hydrogen-bond acceptors (Lipinski definition) is 6. The molecule has 2 aromatic rings. The number of carbonyl (C=O) groups excluding carboxylic acids is 1. The van der Waals surface area contributed by atoms with Gasteiger partial charge in [-0.3, -0.25) is 20.3 Å². The van der Waals surface area contributed by atoms with E-state index in [-0.39, 0.29) is 16.8 Å². The quantitative estimate of drug-likeness (QED) is 0.287. The van der Waals surface area contributed by atoms with E-state index in [0.717, 1.165) is 6.07 Å². The molecule has 0 aliphatic heterocycles. The minimum atomic E-state index is -0.666. The van der Waals surface area contributed by atoms with E-state index in [9.17, 15) is 14.9 Å². The maximum atomic E-state index is 11.7. The van der Waals surface area contributed by atoms with E-state index in [1.54, 1.807) is 31.4 Å². The summed E-state index contributed by atoms with van der Waals surface area (Å²) in [6.45, 7) is 0. The van der Waals surface area contributed by atoms with Crippen LogP contribution in [-0.4, -0.2) is 24.2 Å². The molecule has 0 heterocycles. The summed E-state index contributed by atoms with van der Waals surface area (Å²) in [5.41, 5.74) is 2.60. The zero-order valence-electron chi connectivity index (χ0n) is 12.1. The van der Waals surface area contributed by atoms with Gasteiger partial charge in [-0.1, -0.05) is 0 Å². The Morgan fingerprint density at radius 2 is 2.00 bits per heavy atom. The highest BCUT2D eigenvalue weighted by molar-refractivity contribution is 6.03. The Balaban J connectivity index is 2.35. The van der Waals surface area contributed by atoms with Gasteiger partial charge in [0.15, 0.2) is 0 Å². The number of nitrogens with one attached hydrogen (secondary N) is 1. The van der Waals surface area contributed by atoms with Crippen LogP contribution < -0.4 is 16.0 Å². The Kier molecular flexibility index (Phi) is 5.00. The van der Waals surface area contributed by atoms with Gasteiger partial charge in [-0.2, -0.15) is 0 Å². The molecule has 0 spiro atoms. The van der Waals surface area contributed by atoms with E-state index in [1.807, 2.05) is 5.43 Å². The highest BCUT2D eigenvalue weighted by Crippen LogP contribution is 2.20. The summed E-state index contributed by atoms with van der Waals surface area (Å²) in [5, 5.41) is 10.8. The lowest BCUT2D eigenvalue weighted by atomic mass is 10.1. The maximum absolute atomic E-state index is 11.7. The van der Waals surface area contributed by atoms with E-state index >= 15 is 0 Å². The van der Waals surface area contributed by atoms with Gasteiger partial charge in [0.1, 0.15) is 5.75 Å². The summed E-state index contributed by atoms with van der Waals surface area (Å²) in [6.07, 6.45) is 2.69. The van der Waals surface area contributed by atoms with Crippen molar-refractivity contribution in [1.82, 2.24) is 5.43 Å². The lowest BCUT2D eigenvalue weighted by molar-refractivity contribution is -0.384. The van der Waals surface area contributed by atoms with Crippen molar-refractivity contribution < 1.29 is 14.5 Å². The molecule has 117 valence electrons. The van der Waals surface area contributed by atoms with Crippen LogP contribution >= 0.6 is 0 Å². The van der Waals surface area contributed by atoms with E-state index < -0.39 is 10.8 Å². The fourth-order valence-electron chi connectivity index (χ4n) is 1.79. The van der Waals surface area contributed by atoms with Gasteiger partial charge in [-0.05, 0) is 30.3 Å². The van der Waals surface area contributed by atoms with Gasteiger partial charge in [0.25, 0.3) is 11.6 Å². The predicted molar refractivity (Wildman–Crippen MR) is 83.9 cm³/mol. The second kappa shape index (κ2) is 7.14. The van der Waals surface area contributed by atoms with Crippen molar-refractivity contribution in [2.24, 2.45) is 10.8 Å². The molecule has 23 heavy (non-hydrogen) atoms. The van der Waals surface area contributed by atoms with Crippen molar-refractivity contribution in [2.45, 2.75) is 0 Å². The van der Waals surface area contributed by atoms with Gasteiger partial charge in [-0.25, -0.2) is 10.8 Å². The highest BCUT2D eigenvalue weighted by Gasteiger charge is 2.15. The number of amides is 1. The third-order valence-electron chi connectivity index (χ3n) is 2.97. The van der Waals surface area contributed by atoms with Crippen molar-refractivity contribution in [1.29, 1.82) is 0 Å². The van der Waals surface area contributed by atoms with Gasteiger partial charge in [0.05, 0.1) is 29.5 Å². The number of non-ortho nitro benzene ring substituents is 1. The number of nitrogen functional groups attached to an aromatic ring is 1. The molecule has 1 amide bonds. The average molecular weight is 313 g/mol. The minimum Gasteiger partial charge on any atom is -0.497 e. The number of hydrazine groups is 1. The van der Waals surface area contributed by atoms with Crippen molar-refractivity contribution in [3.63, 3.8) is 0 Å². The number of nitro benzene ring substituents is 1. The molecule has 1 radical (unpaired) electrons. The molecule has 3 N–H and O–H groups in total. The first kappa shape index (κ1) is 16.1. The molecule has 0 aliphatic rings. The van der Waals surface area contributed by atoms with E-state index in [2.05, 4.69) is 11.2 Å². The summed E-state index contributed by atoms with van der Waals surface area (Å²) in [5.74, 6) is 5.11. The Morgan fingerprint density at radius 3 is 2.57 bits per heavy atom. The topological polar surface area (TPSA) is 120 Å². The second-order valence-electron chi connectivity index (χ2n) is 4.38. The molecule has 8 heteroatoms. The summed E-state index contributed by atoms with van der Waals surface area (Å²) < 4.78 is 5.04. The summed E-state index contributed by atoms with van der Waals surface area (Å²) >= 11 is 0. The van der Waals surface area contributed by atoms with Gasteiger partial charge in [-0.15, -0.1) is 0 Å². The number of aliphatic imine (C=N–C) groups is 1. The number of methoxy groups -OCH3 is 1. The Labute approximate surface area is 131 Å². The molecular formula is C15H13N4O4. The Hall–Kier alpha value is -3.26. The molecule has 0 aromatic heterocycles. The van der Waals surface area contributed by atoms with Crippen LogP contribution in [0.4, 0.5) is 11.4 Å². The number of hydrogen-bond donors (Lipinski definition) is 2. The fraction of sp³-hybridized carbons (Fsp3) is 0.0667. The molecule has 2 aromatic carbocycles. The molecule has 0 fully saturated rings. The van der Waals surface area contributed by atoms with Crippen LogP contribution in [0.15, 0.2) is 47.5 Å². The Morgan fingerprint density at radius 1 is 1.30 bits per heavy atom. The lowest BCUT2D eigenvalue weighted by Crippen LogP contribution is -2.30. The molecule has 0 aliphatic carbocycles. The molecule has 0 unspecified atom stereocenters. The van der Waals surface area contributed by atoms with Crippen LogP contribution in [0.1, 0.15) is 15.9 Å². The first-order valence-corrected chi connectivity index (χ1v) is 6.45. The summed E-state index contributed by atoms with van der Waals surface area (Å²) in [4.78, 5) is 26.1. The number of rotatable bonds is 5. The van der Waals surface area contributed by atoms with Crippen molar-refractivity contribution in [3.05, 3.63) is 63.7 Å². The van der Waals surface area contributed by atoms with E-state index in [0.29, 0.717) is 11.4 Å². The second-order valence-corrected chi connectivity index (χ2v) is 4.38. The molecule has 2 rings (SSSR count). The van der Waals surface area contributed by atoms with Crippen LogP contribution in [-0.2, 0) is 0 Å². The third kappa shape index (κ3) is 3.89. The summed E-state index contributed by atoms with van der Waals surface area (Å²) in [6, 6.07) is 10.6.